The average Bonchev–Trinajstić information content (AvgIpc) is 3.12. The zero-order valence-electron chi connectivity index (χ0n) is 22.4. The highest BCUT2D eigenvalue weighted by Crippen LogP contribution is 2.52. The van der Waals surface area contributed by atoms with Crippen LogP contribution in [0.25, 0.3) is 0 Å². The van der Waals surface area contributed by atoms with Crippen LogP contribution in [0.5, 0.6) is 5.75 Å². The van der Waals surface area contributed by atoms with E-state index >= 15 is 0 Å². The van der Waals surface area contributed by atoms with E-state index in [0.29, 0.717) is 49.3 Å². The number of aromatic amines is 1. The number of carbonyl (C=O) groups is 1. The molecule has 0 saturated carbocycles. The number of hydrogen-bond acceptors (Lipinski definition) is 7. The van der Waals surface area contributed by atoms with Gasteiger partial charge in [-0.3, -0.25) is 19.5 Å². The predicted molar refractivity (Wildman–Crippen MR) is 150 cm³/mol. The summed E-state index contributed by atoms with van der Waals surface area (Å²) in [6.45, 7) is 5.88. The van der Waals surface area contributed by atoms with Gasteiger partial charge in [-0.15, -0.1) is 0 Å². The molecular formula is C28H37ClN6O3. The first kappa shape index (κ1) is 25.5. The topological polar surface area (TPSA) is 85.0 Å². The second-order valence-electron chi connectivity index (χ2n) is 11.2. The fraction of sp³-hybridized carbons (Fsp3) is 0.607. The molecule has 0 aliphatic carbocycles. The monoisotopic (exact) mass is 540 g/mol. The van der Waals surface area contributed by atoms with E-state index in [1.165, 1.54) is 19.3 Å². The minimum Gasteiger partial charge on any atom is -0.492 e. The molecule has 5 heterocycles. The van der Waals surface area contributed by atoms with Crippen molar-refractivity contribution in [2.45, 2.75) is 50.4 Å². The van der Waals surface area contributed by atoms with Crippen molar-refractivity contribution in [2.24, 2.45) is 0 Å². The average molecular weight is 541 g/mol. The van der Waals surface area contributed by atoms with Gasteiger partial charge in [-0.05, 0) is 57.7 Å². The molecule has 38 heavy (non-hydrogen) atoms. The second kappa shape index (κ2) is 10.1. The number of amides is 1. The van der Waals surface area contributed by atoms with Crippen molar-refractivity contribution in [3.8, 4) is 5.75 Å². The number of piperidine rings is 2. The fourth-order valence-electron chi connectivity index (χ4n) is 6.73. The smallest absolute Gasteiger partial charge is 0.257 e. The minimum atomic E-state index is -0.671. The number of H-pyrrole nitrogens is 1. The normalized spacial score (nSPS) is 21.1. The lowest BCUT2D eigenvalue weighted by molar-refractivity contribution is -0.123. The highest BCUT2D eigenvalue weighted by atomic mass is 35.5. The summed E-state index contributed by atoms with van der Waals surface area (Å²) in [6.07, 6.45) is 6.76. The van der Waals surface area contributed by atoms with Crippen LogP contribution in [0.4, 0.5) is 17.5 Å². The zero-order valence-corrected chi connectivity index (χ0v) is 23.1. The summed E-state index contributed by atoms with van der Waals surface area (Å²) in [5.74, 6) is 2.14. The zero-order chi connectivity index (χ0) is 26.4. The van der Waals surface area contributed by atoms with Crippen LogP contribution < -0.4 is 25.0 Å². The Morgan fingerprint density at radius 1 is 1.03 bits per heavy atom. The summed E-state index contributed by atoms with van der Waals surface area (Å²) < 4.78 is 6.10. The van der Waals surface area contributed by atoms with Crippen molar-refractivity contribution >= 4 is 35.0 Å². The standard InChI is InChI=1S/C28H37ClN6O3/c1-32-10-6-7-20-24(32)30-27(31-25(20)36)35-13-8-28(9-14-35)23-21(29)17-19(18-22(23)33(2)26(28)37)38-16-15-34-11-4-3-5-12-34/h17-18H,3-16H2,1-2H3,(H,30,31,36). The van der Waals surface area contributed by atoms with Crippen LogP contribution in [0.1, 0.15) is 49.7 Å². The van der Waals surface area contributed by atoms with Crippen LogP contribution in [0.15, 0.2) is 16.9 Å². The Hall–Kier alpha value is -2.78. The van der Waals surface area contributed by atoms with Gasteiger partial charge in [-0.1, -0.05) is 18.0 Å². The number of likely N-dealkylation sites (N-methyl/N-ethyl adjacent to an activating group) is 1. The lowest BCUT2D eigenvalue weighted by Crippen LogP contribution is -2.49. The van der Waals surface area contributed by atoms with Gasteiger partial charge in [0, 0.05) is 51.9 Å². The Bertz CT molecular complexity index is 1280. The van der Waals surface area contributed by atoms with E-state index in [9.17, 15) is 9.59 Å². The predicted octanol–water partition coefficient (Wildman–Crippen LogP) is 3.19. The van der Waals surface area contributed by atoms with E-state index in [0.717, 1.165) is 61.7 Å². The third-order valence-corrected chi connectivity index (χ3v) is 9.20. The first-order valence-corrected chi connectivity index (χ1v) is 14.3. The number of nitrogens with one attached hydrogen (secondary N) is 1. The van der Waals surface area contributed by atoms with Gasteiger partial charge in [0.05, 0.1) is 21.7 Å². The molecule has 1 aromatic carbocycles. The fourth-order valence-corrected chi connectivity index (χ4v) is 7.12. The first-order valence-electron chi connectivity index (χ1n) is 13.9. The van der Waals surface area contributed by atoms with E-state index in [4.69, 9.17) is 21.3 Å². The van der Waals surface area contributed by atoms with Crippen molar-refractivity contribution in [2.75, 3.05) is 74.7 Å². The summed E-state index contributed by atoms with van der Waals surface area (Å²) in [6, 6.07) is 3.84. The van der Waals surface area contributed by atoms with Gasteiger partial charge in [-0.2, -0.15) is 4.98 Å². The van der Waals surface area contributed by atoms with Crippen molar-refractivity contribution < 1.29 is 9.53 Å². The van der Waals surface area contributed by atoms with Crippen molar-refractivity contribution in [3.05, 3.63) is 38.6 Å². The Balaban J connectivity index is 1.19. The Kier molecular flexibility index (Phi) is 6.76. The van der Waals surface area contributed by atoms with E-state index in [1.54, 1.807) is 4.90 Å². The molecule has 1 aromatic heterocycles. The summed E-state index contributed by atoms with van der Waals surface area (Å²) in [7, 11) is 3.81. The quantitative estimate of drug-likeness (QED) is 0.623. The van der Waals surface area contributed by atoms with Gasteiger partial charge in [-0.25, -0.2) is 0 Å². The SMILES string of the molecule is CN1CCCc2c1nc(N1CCC3(CC1)C(=O)N(C)c1cc(OCCN4CCCCC4)cc(Cl)c13)[nH]c2=O. The highest BCUT2D eigenvalue weighted by Gasteiger charge is 2.52. The summed E-state index contributed by atoms with van der Waals surface area (Å²) in [5.41, 5.74) is 1.77. The lowest BCUT2D eigenvalue weighted by Gasteiger charge is -2.39. The number of fused-ring (bicyclic) bond motifs is 3. The molecular weight excluding hydrogens is 504 g/mol. The molecule has 0 bridgehead atoms. The minimum absolute atomic E-state index is 0.0604. The molecule has 2 saturated heterocycles. The van der Waals surface area contributed by atoms with Crippen LogP contribution in [0, 0.1) is 0 Å². The number of likely N-dealkylation sites (tertiary alicyclic amines) is 1. The van der Waals surface area contributed by atoms with Crippen molar-refractivity contribution in [1.82, 2.24) is 14.9 Å². The molecule has 10 heteroatoms. The Labute approximate surface area is 228 Å². The number of hydrogen-bond donors (Lipinski definition) is 1. The molecule has 4 aliphatic rings. The van der Waals surface area contributed by atoms with Crippen molar-refractivity contribution in [3.63, 3.8) is 0 Å². The lowest BCUT2D eigenvalue weighted by atomic mass is 9.73. The molecule has 1 spiro atoms. The third-order valence-electron chi connectivity index (χ3n) is 8.90. The van der Waals surface area contributed by atoms with Crippen LogP contribution >= 0.6 is 11.6 Å². The maximum atomic E-state index is 13.7. The number of rotatable bonds is 5. The number of aromatic nitrogens is 2. The number of anilines is 3. The molecule has 2 aromatic rings. The van der Waals surface area contributed by atoms with Gasteiger partial charge in [0.2, 0.25) is 11.9 Å². The van der Waals surface area contributed by atoms with E-state index in [2.05, 4.69) is 19.7 Å². The third kappa shape index (κ3) is 4.33. The van der Waals surface area contributed by atoms with Gasteiger partial charge in [0.15, 0.2) is 0 Å². The summed E-state index contributed by atoms with van der Waals surface area (Å²) in [4.78, 5) is 42.6. The molecule has 1 N–H and O–H groups in total. The number of carbonyl (C=O) groups excluding carboxylic acids is 1. The number of ether oxygens (including phenoxy) is 1. The molecule has 4 aliphatic heterocycles. The van der Waals surface area contributed by atoms with Gasteiger partial charge in [0.25, 0.3) is 5.56 Å². The highest BCUT2D eigenvalue weighted by molar-refractivity contribution is 6.33. The van der Waals surface area contributed by atoms with Gasteiger partial charge in [0.1, 0.15) is 18.2 Å². The molecule has 0 atom stereocenters. The maximum Gasteiger partial charge on any atom is 0.257 e. The van der Waals surface area contributed by atoms with Gasteiger partial charge >= 0.3 is 0 Å². The molecule has 204 valence electrons. The summed E-state index contributed by atoms with van der Waals surface area (Å²) >= 11 is 6.88. The van der Waals surface area contributed by atoms with E-state index in [1.807, 2.05) is 26.2 Å². The number of halogens is 1. The Morgan fingerprint density at radius 2 is 1.79 bits per heavy atom. The van der Waals surface area contributed by atoms with Crippen molar-refractivity contribution in [1.29, 1.82) is 0 Å². The van der Waals surface area contributed by atoms with Crippen LogP contribution in [0.2, 0.25) is 5.02 Å². The Morgan fingerprint density at radius 3 is 2.55 bits per heavy atom. The number of benzene rings is 1. The summed E-state index contributed by atoms with van der Waals surface area (Å²) in [5, 5.41) is 0.587. The van der Waals surface area contributed by atoms with Gasteiger partial charge < -0.3 is 19.4 Å². The largest absolute Gasteiger partial charge is 0.492 e. The van der Waals surface area contributed by atoms with E-state index in [-0.39, 0.29) is 11.5 Å². The van der Waals surface area contributed by atoms with Crippen LogP contribution in [-0.2, 0) is 16.6 Å². The molecule has 0 radical (unpaired) electrons. The number of nitrogens with zero attached hydrogens (tertiary/aromatic N) is 5. The first-order chi connectivity index (χ1) is 18.4. The molecule has 0 unspecified atom stereocenters. The molecule has 6 rings (SSSR count). The molecule has 1 amide bonds. The molecule has 9 nitrogen and oxygen atoms in total. The van der Waals surface area contributed by atoms with E-state index < -0.39 is 5.41 Å². The maximum absolute atomic E-state index is 13.7. The van der Waals surface area contributed by atoms with Crippen LogP contribution in [-0.4, -0.2) is 80.7 Å². The molecule has 2 fully saturated rings. The second-order valence-corrected chi connectivity index (χ2v) is 11.6. The van der Waals surface area contributed by atoms with Crippen LogP contribution in [0.3, 0.4) is 0 Å².